The monoisotopic (exact) mass is 349 g/mol. The summed E-state index contributed by atoms with van der Waals surface area (Å²) in [5.41, 5.74) is 3.06. The number of rotatable bonds is 4. The SMILES string of the molecule is N#Cc1ccccc1Cn1cc(C2OCCN2c2ccc(F)cc2)nn1. The van der Waals surface area contributed by atoms with Crippen LogP contribution in [0, 0.1) is 17.1 Å². The van der Waals surface area contributed by atoms with E-state index in [0.29, 0.717) is 31.0 Å². The van der Waals surface area contributed by atoms with Gasteiger partial charge < -0.3 is 9.64 Å². The minimum Gasteiger partial charge on any atom is -0.350 e. The molecule has 1 aliphatic rings. The van der Waals surface area contributed by atoms with Gasteiger partial charge >= 0.3 is 0 Å². The summed E-state index contributed by atoms with van der Waals surface area (Å²) in [7, 11) is 0. The fourth-order valence-electron chi connectivity index (χ4n) is 3.06. The Kier molecular flexibility index (Phi) is 4.33. The Morgan fingerprint density at radius 3 is 2.81 bits per heavy atom. The lowest BCUT2D eigenvalue weighted by molar-refractivity contribution is 0.110. The zero-order valence-corrected chi connectivity index (χ0v) is 13.9. The Morgan fingerprint density at radius 2 is 2.00 bits per heavy atom. The van der Waals surface area contributed by atoms with E-state index in [0.717, 1.165) is 11.3 Å². The van der Waals surface area contributed by atoms with Crippen LogP contribution >= 0.6 is 0 Å². The van der Waals surface area contributed by atoms with Crippen molar-refractivity contribution in [1.29, 1.82) is 5.26 Å². The van der Waals surface area contributed by atoms with Crippen molar-refractivity contribution in [3.8, 4) is 6.07 Å². The molecular formula is C19H16FN5O. The van der Waals surface area contributed by atoms with E-state index in [9.17, 15) is 9.65 Å². The molecule has 1 unspecified atom stereocenters. The molecule has 1 aliphatic heterocycles. The topological polar surface area (TPSA) is 67.0 Å². The normalized spacial score (nSPS) is 16.6. The van der Waals surface area contributed by atoms with Crippen molar-refractivity contribution in [1.82, 2.24) is 15.0 Å². The second-order valence-electron chi connectivity index (χ2n) is 6.00. The van der Waals surface area contributed by atoms with Gasteiger partial charge in [-0.25, -0.2) is 9.07 Å². The highest BCUT2D eigenvalue weighted by Gasteiger charge is 2.29. The predicted octanol–water partition coefficient (Wildman–Crippen LogP) is 2.87. The Bertz CT molecular complexity index is 947. The Labute approximate surface area is 150 Å². The second-order valence-corrected chi connectivity index (χ2v) is 6.00. The van der Waals surface area contributed by atoms with E-state index in [4.69, 9.17) is 4.74 Å². The van der Waals surface area contributed by atoms with Gasteiger partial charge in [-0.3, -0.25) is 0 Å². The fraction of sp³-hybridized carbons (Fsp3) is 0.211. The summed E-state index contributed by atoms with van der Waals surface area (Å²) in [6.07, 6.45) is 1.46. The third-order valence-corrected chi connectivity index (χ3v) is 4.33. The summed E-state index contributed by atoms with van der Waals surface area (Å²) in [5, 5.41) is 17.6. The van der Waals surface area contributed by atoms with Crippen molar-refractivity contribution in [2.24, 2.45) is 0 Å². The summed E-state index contributed by atoms with van der Waals surface area (Å²) in [6.45, 7) is 1.71. The molecule has 2 heterocycles. The van der Waals surface area contributed by atoms with Crippen molar-refractivity contribution in [3.05, 3.63) is 77.4 Å². The summed E-state index contributed by atoms with van der Waals surface area (Å²) < 4.78 is 20.7. The van der Waals surface area contributed by atoms with E-state index < -0.39 is 0 Å². The Hall–Kier alpha value is -3.24. The van der Waals surface area contributed by atoms with Crippen LogP contribution in [-0.4, -0.2) is 28.1 Å². The summed E-state index contributed by atoms with van der Waals surface area (Å²) in [5.74, 6) is -0.271. The quantitative estimate of drug-likeness (QED) is 0.724. The minimum atomic E-state index is -0.361. The zero-order valence-electron chi connectivity index (χ0n) is 13.9. The smallest absolute Gasteiger partial charge is 0.177 e. The van der Waals surface area contributed by atoms with Gasteiger partial charge in [0.1, 0.15) is 11.5 Å². The molecule has 1 fully saturated rings. The van der Waals surface area contributed by atoms with Crippen LogP contribution in [0.3, 0.4) is 0 Å². The van der Waals surface area contributed by atoms with Crippen molar-refractivity contribution in [2.75, 3.05) is 18.1 Å². The van der Waals surface area contributed by atoms with E-state index in [1.54, 1.807) is 22.9 Å². The molecule has 0 amide bonds. The van der Waals surface area contributed by atoms with Crippen molar-refractivity contribution >= 4 is 5.69 Å². The third kappa shape index (κ3) is 3.15. The number of anilines is 1. The van der Waals surface area contributed by atoms with Gasteiger partial charge in [0, 0.05) is 12.2 Å². The maximum atomic E-state index is 13.2. The Morgan fingerprint density at radius 1 is 1.19 bits per heavy atom. The van der Waals surface area contributed by atoms with E-state index >= 15 is 0 Å². The van der Waals surface area contributed by atoms with Gasteiger partial charge in [-0.1, -0.05) is 23.4 Å². The number of hydrogen-bond acceptors (Lipinski definition) is 5. The van der Waals surface area contributed by atoms with Crippen LogP contribution in [0.1, 0.15) is 23.0 Å². The molecule has 1 aromatic heterocycles. The number of nitriles is 1. The van der Waals surface area contributed by atoms with Crippen LogP contribution in [0.5, 0.6) is 0 Å². The van der Waals surface area contributed by atoms with Gasteiger partial charge in [0.05, 0.1) is 31.0 Å². The maximum absolute atomic E-state index is 13.2. The van der Waals surface area contributed by atoms with Gasteiger partial charge in [-0.2, -0.15) is 5.26 Å². The number of ether oxygens (including phenoxy) is 1. The van der Waals surface area contributed by atoms with E-state index in [1.165, 1.54) is 12.1 Å². The second kappa shape index (κ2) is 6.94. The lowest BCUT2D eigenvalue weighted by Crippen LogP contribution is -2.23. The van der Waals surface area contributed by atoms with Gasteiger partial charge in [-0.05, 0) is 35.9 Å². The number of halogens is 1. The molecule has 3 aromatic rings. The van der Waals surface area contributed by atoms with E-state index in [-0.39, 0.29) is 12.0 Å². The number of hydrogen-bond donors (Lipinski definition) is 0. The molecule has 0 spiro atoms. The molecule has 4 rings (SSSR count). The first-order chi connectivity index (χ1) is 12.7. The summed E-state index contributed by atoms with van der Waals surface area (Å²) >= 11 is 0. The molecule has 26 heavy (non-hydrogen) atoms. The largest absolute Gasteiger partial charge is 0.350 e. The van der Waals surface area contributed by atoms with Gasteiger partial charge in [0.2, 0.25) is 0 Å². The van der Waals surface area contributed by atoms with Crippen molar-refractivity contribution < 1.29 is 9.13 Å². The molecule has 0 aliphatic carbocycles. The highest BCUT2D eigenvalue weighted by Crippen LogP contribution is 2.31. The molecule has 0 saturated carbocycles. The molecule has 1 saturated heterocycles. The molecule has 1 atom stereocenters. The van der Waals surface area contributed by atoms with Gasteiger partial charge in [-0.15, -0.1) is 5.10 Å². The van der Waals surface area contributed by atoms with Gasteiger partial charge in [0.15, 0.2) is 6.23 Å². The van der Waals surface area contributed by atoms with E-state index in [1.807, 2.05) is 29.3 Å². The van der Waals surface area contributed by atoms with Gasteiger partial charge in [0.25, 0.3) is 0 Å². The molecule has 130 valence electrons. The lowest BCUT2D eigenvalue weighted by atomic mass is 10.1. The first kappa shape index (κ1) is 16.2. The van der Waals surface area contributed by atoms with Crippen LogP contribution < -0.4 is 4.90 Å². The number of nitrogens with zero attached hydrogens (tertiary/aromatic N) is 5. The predicted molar refractivity (Wildman–Crippen MR) is 92.7 cm³/mol. The van der Waals surface area contributed by atoms with Crippen molar-refractivity contribution in [3.63, 3.8) is 0 Å². The molecular weight excluding hydrogens is 333 g/mol. The average molecular weight is 349 g/mol. The summed E-state index contributed by atoms with van der Waals surface area (Å²) in [6, 6.07) is 15.9. The molecule has 0 N–H and O–H groups in total. The molecule has 0 bridgehead atoms. The average Bonchev–Trinajstić information content (AvgIpc) is 3.32. The van der Waals surface area contributed by atoms with Crippen LogP contribution in [-0.2, 0) is 11.3 Å². The van der Waals surface area contributed by atoms with Crippen LogP contribution in [0.2, 0.25) is 0 Å². The standard InChI is InChI=1S/C19H16FN5O/c20-16-5-7-17(8-6-16)25-9-10-26-19(25)18-13-24(23-22-18)12-15-4-2-1-3-14(15)11-21/h1-8,13,19H,9-10,12H2. The third-order valence-electron chi connectivity index (χ3n) is 4.33. The minimum absolute atomic E-state index is 0.271. The molecule has 6 nitrogen and oxygen atoms in total. The number of benzene rings is 2. The van der Waals surface area contributed by atoms with Crippen molar-refractivity contribution in [2.45, 2.75) is 12.8 Å². The van der Waals surface area contributed by atoms with Crippen LogP contribution in [0.4, 0.5) is 10.1 Å². The molecule has 2 aromatic carbocycles. The first-order valence-electron chi connectivity index (χ1n) is 8.26. The highest BCUT2D eigenvalue weighted by molar-refractivity contribution is 5.48. The van der Waals surface area contributed by atoms with E-state index in [2.05, 4.69) is 16.4 Å². The maximum Gasteiger partial charge on any atom is 0.177 e. The first-order valence-corrected chi connectivity index (χ1v) is 8.26. The Balaban J connectivity index is 1.55. The van der Waals surface area contributed by atoms with Crippen LogP contribution in [0.25, 0.3) is 0 Å². The molecule has 7 heteroatoms. The highest BCUT2D eigenvalue weighted by atomic mass is 19.1. The molecule has 0 radical (unpaired) electrons. The summed E-state index contributed by atoms with van der Waals surface area (Å²) in [4.78, 5) is 2.02. The fourth-order valence-corrected chi connectivity index (χ4v) is 3.06. The lowest BCUT2D eigenvalue weighted by Gasteiger charge is -2.23. The van der Waals surface area contributed by atoms with Crippen LogP contribution in [0.15, 0.2) is 54.7 Å². The number of aromatic nitrogens is 3. The zero-order chi connectivity index (χ0) is 17.9.